The van der Waals surface area contributed by atoms with Crippen LogP contribution in [0, 0.1) is 11.8 Å². The van der Waals surface area contributed by atoms with Crippen LogP contribution in [0.15, 0.2) is 0 Å². The Morgan fingerprint density at radius 3 is 2.07 bits per heavy atom. The standard InChI is InChI=1S/C11H17NO3/c1-6-7(2)11(15)12(10(6)14)8-4-3-5-9(8)13/h6-9,13H,3-5H2,1-2H3/t6?,7?,8-,9-/m0/s1. The van der Waals surface area contributed by atoms with E-state index in [1.165, 1.54) is 4.90 Å². The smallest absolute Gasteiger partial charge is 0.233 e. The molecule has 0 aromatic carbocycles. The zero-order valence-corrected chi connectivity index (χ0v) is 9.14. The van der Waals surface area contributed by atoms with Crippen molar-refractivity contribution in [2.75, 3.05) is 0 Å². The largest absolute Gasteiger partial charge is 0.391 e. The summed E-state index contributed by atoms with van der Waals surface area (Å²) in [5.74, 6) is -0.688. The molecule has 2 unspecified atom stereocenters. The van der Waals surface area contributed by atoms with E-state index in [1.807, 2.05) is 0 Å². The summed E-state index contributed by atoms with van der Waals surface area (Å²) in [6, 6.07) is -0.266. The summed E-state index contributed by atoms with van der Waals surface area (Å²) >= 11 is 0. The van der Waals surface area contributed by atoms with E-state index in [9.17, 15) is 14.7 Å². The van der Waals surface area contributed by atoms with Gasteiger partial charge in [-0.05, 0) is 19.3 Å². The van der Waals surface area contributed by atoms with Gasteiger partial charge >= 0.3 is 0 Å². The van der Waals surface area contributed by atoms with E-state index in [1.54, 1.807) is 13.8 Å². The van der Waals surface area contributed by atoms with Gasteiger partial charge in [-0.3, -0.25) is 14.5 Å². The molecule has 1 aliphatic heterocycles. The first-order valence-corrected chi connectivity index (χ1v) is 5.59. The molecule has 4 nitrogen and oxygen atoms in total. The van der Waals surface area contributed by atoms with Crippen molar-refractivity contribution in [2.45, 2.75) is 45.3 Å². The minimum Gasteiger partial charge on any atom is -0.391 e. The molecule has 4 atom stereocenters. The van der Waals surface area contributed by atoms with Crippen molar-refractivity contribution in [1.82, 2.24) is 4.90 Å². The summed E-state index contributed by atoms with van der Waals surface area (Å²) in [6.07, 6.45) is 1.82. The Morgan fingerprint density at radius 2 is 1.67 bits per heavy atom. The predicted molar refractivity (Wildman–Crippen MR) is 53.8 cm³/mol. The van der Waals surface area contributed by atoms with Crippen LogP contribution < -0.4 is 0 Å². The third-order valence-electron chi connectivity index (χ3n) is 3.78. The molecule has 15 heavy (non-hydrogen) atoms. The minimum atomic E-state index is -0.518. The number of hydrogen-bond donors (Lipinski definition) is 1. The maximum absolute atomic E-state index is 11.9. The van der Waals surface area contributed by atoms with Crippen LogP contribution in [0.3, 0.4) is 0 Å². The predicted octanol–water partition coefficient (Wildman–Crippen LogP) is 0.541. The highest BCUT2D eigenvalue weighted by Crippen LogP contribution is 2.33. The number of nitrogens with zero attached hydrogens (tertiary/aromatic N) is 1. The summed E-state index contributed by atoms with van der Waals surface area (Å²) in [6.45, 7) is 3.57. The second-order valence-electron chi connectivity index (χ2n) is 4.69. The number of carbonyl (C=O) groups is 2. The average Bonchev–Trinajstić information content (AvgIpc) is 2.68. The zero-order chi connectivity index (χ0) is 11.2. The van der Waals surface area contributed by atoms with Gasteiger partial charge in [-0.2, -0.15) is 0 Å². The van der Waals surface area contributed by atoms with Gasteiger partial charge in [-0.25, -0.2) is 0 Å². The van der Waals surface area contributed by atoms with Gasteiger partial charge in [0, 0.05) is 11.8 Å². The Morgan fingerprint density at radius 1 is 1.13 bits per heavy atom. The van der Waals surface area contributed by atoms with Crippen LogP contribution in [0.4, 0.5) is 0 Å². The molecule has 1 saturated heterocycles. The Hall–Kier alpha value is -0.900. The Labute approximate surface area is 89.3 Å². The maximum Gasteiger partial charge on any atom is 0.233 e. The number of imide groups is 1. The molecule has 0 bridgehead atoms. The summed E-state index contributed by atoms with van der Waals surface area (Å²) in [7, 11) is 0. The van der Waals surface area contributed by atoms with Gasteiger partial charge in [0.2, 0.25) is 11.8 Å². The highest BCUT2D eigenvalue weighted by molar-refractivity contribution is 6.05. The third-order valence-corrected chi connectivity index (χ3v) is 3.78. The van der Waals surface area contributed by atoms with Crippen molar-refractivity contribution in [3.8, 4) is 0 Å². The summed E-state index contributed by atoms with van der Waals surface area (Å²) in [5.41, 5.74) is 0. The van der Waals surface area contributed by atoms with Gasteiger partial charge in [0.25, 0.3) is 0 Å². The van der Waals surface area contributed by atoms with E-state index in [0.717, 1.165) is 12.8 Å². The van der Waals surface area contributed by atoms with Crippen molar-refractivity contribution in [2.24, 2.45) is 11.8 Å². The van der Waals surface area contributed by atoms with Crippen LogP contribution in [0.1, 0.15) is 33.1 Å². The molecule has 2 amide bonds. The van der Waals surface area contributed by atoms with Gasteiger partial charge < -0.3 is 5.11 Å². The fourth-order valence-corrected chi connectivity index (χ4v) is 2.52. The Kier molecular flexibility index (Phi) is 2.54. The molecule has 1 saturated carbocycles. The van der Waals surface area contributed by atoms with Crippen LogP contribution in [0.25, 0.3) is 0 Å². The first kappa shape index (κ1) is 10.6. The molecule has 0 spiro atoms. The lowest BCUT2D eigenvalue weighted by molar-refractivity contribution is -0.144. The number of aliphatic hydroxyl groups excluding tert-OH is 1. The van der Waals surface area contributed by atoms with Crippen LogP contribution in [-0.2, 0) is 9.59 Å². The lowest BCUT2D eigenvalue weighted by atomic mass is 10.00. The molecule has 2 fully saturated rings. The molecular formula is C11H17NO3. The van der Waals surface area contributed by atoms with Crippen LogP contribution in [0.5, 0.6) is 0 Å². The molecule has 4 heteroatoms. The second-order valence-corrected chi connectivity index (χ2v) is 4.69. The fraction of sp³-hybridized carbons (Fsp3) is 0.818. The van der Waals surface area contributed by atoms with Crippen LogP contribution in [-0.4, -0.2) is 34.0 Å². The second kappa shape index (κ2) is 3.59. The van der Waals surface area contributed by atoms with Gasteiger partial charge in [0.1, 0.15) is 0 Å². The van der Waals surface area contributed by atoms with E-state index < -0.39 is 6.10 Å². The SMILES string of the molecule is CC1C(=O)N([C@H]2CCC[C@@H]2O)C(=O)C1C. The minimum absolute atomic E-state index is 0.113. The third kappa shape index (κ3) is 1.47. The number of likely N-dealkylation sites (tertiary alicyclic amines) is 1. The monoisotopic (exact) mass is 211 g/mol. The van der Waals surface area contributed by atoms with Crippen molar-refractivity contribution >= 4 is 11.8 Å². The Balaban J connectivity index is 2.22. The number of amides is 2. The maximum atomic E-state index is 11.9. The highest BCUT2D eigenvalue weighted by Gasteiger charge is 2.48. The molecule has 1 N–H and O–H groups in total. The molecular weight excluding hydrogens is 194 g/mol. The fourth-order valence-electron chi connectivity index (χ4n) is 2.52. The molecule has 84 valence electrons. The van der Waals surface area contributed by atoms with Gasteiger partial charge in [-0.1, -0.05) is 13.8 Å². The number of rotatable bonds is 1. The molecule has 0 radical (unpaired) electrons. The lowest BCUT2D eigenvalue weighted by Gasteiger charge is -2.25. The highest BCUT2D eigenvalue weighted by atomic mass is 16.3. The normalized spacial score (nSPS) is 41.7. The van der Waals surface area contributed by atoms with Crippen molar-refractivity contribution < 1.29 is 14.7 Å². The Bertz CT molecular complexity index is 282. The number of aliphatic hydroxyl groups is 1. The number of carbonyl (C=O) groups excluding carboxylic acids is 2. The van der Waals surface area contributed by atoms with Gasteiger partial charge in [0.05, 0.1) is 12.1 Å². The van der Waals surface area contributed by atoms with E-state index >= 15 is 0 Å². The topological polar surface area (TPSA) is 57.6 Å². The van der Waals surface area contributed by atoms with Crippen molar-refractivity contribution in [3.05, 3.63) is 0 Å². The van der Waals surface area contributed by atoms with E-state index in [-0.39, 0.29) is 29.7 Å². The summed E-state index contributed by atoms with van der Waals surface area (Å²) < 4.78 is 0. The van der Waals surface area contributed by atoms with Crippen LogP contribution in [0.2, 0.25) is 0 Å². The molecule has 1 heterocycles. The summed E-state index contributed by atoms with van der Waals surface area (Å²) in [5, 5.41) is 9.71. The first-order valence-electron chi connectivity index (χ1n) is 5.59. The van der Waals surface area contributed by atoms with Crippen molar-refractivity contribution in [1.29, 1.82) is 0 Å². The first-order chi connectivity index (χ1) is 7.04. The molecule has 0 aromatic heterocycles. The quantitative estimate of drug-likeness (QED) is 0.644. The van der Waals surface area contributed by atoms with Gasteiger partial charge in [0.15, 0.2) is 0 Å². The molecule has 2 rings (SSSR count). The molecule has 1 aliphatic carbocycles. The average molecular weight is 211 g/mol. The molecule has 0 aromatic rings. The van der Waals surface area contributed by atoms with E-state index in [0.29, 0.717) is 6.42 Å². The van der Waals surface area contributed by atoms with E-state index in [2.05, 4.69) is 0 Å². The molecule has 2 aliphatic rings. The zero-order valence-electron chi connectivity index (χ0n) is 9.14. The number of hydrogen-bond acceptors (Lipinski definition) is 3. The summed E-state index contributed by atoms with van der Waals surface area (Å²) in [4.78, 5) is 25.0. The van der Waals surface area contributed by atoms with Crippen molar-refractivity contribution in [3.63, 3.8) is 0 Å². The lowest BCUT2D eigenvalue weighted by Crippen LogP contribution is -2.44. The van der Waals surface area contributed by atoms with Gasteiger partial charge in [-0.15, -0.1) is 0 Å². The van der Waals surface area contributed by atoms with Crippen LogP contribution >= 0.6 is 0 Å². The van der Waals surface area contributed by atoms with E-state index in [4.69, 9.17) is 0 Å².